The summed E-state index contributed by atoms with van der Waals surface area (Å²) in [6.45, 7) is 6.27. The fourth-order valence-electron chi connectivity index (χ4n) is 1.38. The number of aromatic carboxylic acids is 1. The summed E-state index contributed by atoms with van der Waals surface area (Å²) in [5.74, 6) is -1.18. The lowest BCUT2D eigenvalue weighted by Crippen LogP contribution is -2.35. The molecule has 0 aliphatic rings. The molecule has 1 heterocycles. The average Bonchev–Trinajstić information content (AvgIpc) is 2.36. The number of nitrogens with one attached hydrogen (secondary N) is 1. The minimum absolute atomic E-state index is 0.178. The Bertz CT molecular complexity index is 460. The van der Waals surface area contributed by atoms with Crippen molar-refractivity contribution in [2.75, 3.05) is 18.4 Å². The first-order chi connectivity index (χ1) is 8.60. The summed E-state index contributed by atoms with van der Waals surface area (Å²) in [7, 11) is 0. The number of urea groups is 1. The highest BCUT2D eigenvalue weighted by atomic mass is 16.4. The molecule has 0 radical (unpaired) electrons. The first-order valence-electron chi connectivity index (χ1n) is 5.45. The lowest BCUT2D eigenvalue weighted by atomic mass is 10.3. The van der Waals surface area contributed by atoms with Crippen LogP contribution in [0.15, 0.2) is 31.0 Å². The van der Waals surface area contributed by atoms with Crippen molar-refractivity contribution in [3.8, 4) is 0 Å². The summed E-state index contributed by atoms with van der Waals surface area (Å²) in [5, 5.41) is 11.5. The van der Waals surface area contributed by atoms with Crippen LogP contribution >= 0.6 is 0 Å². The Hall–Kier alpha value is -2.37. The van der Waals surface area contributed by atoms with Crippen LogP contribution in [0.5, 0.6) is 0 Å². The number of likely N-dealkylation sites (N-methyl/N-ethyl adjacent to an activating group) is 1. The first kappa shape index (κ1) is 13.7. The van der Waals surface area contributed by atoms with Crippen molar-refractivity contribution in [2.45, 2.75) is 6.92 Å². The van der Waals surface area contributed by atoms with E-state index in [4.69, 9.17) is 5.11 Å². The molecular weight excluding hydrogens is 234 g/mol. The van der Waals surface area contributed by atoms with E-state index < -0.39 is 5.97 Å². The molecule has 0 saturated heterocycles. The van der Waals surface area contributed by atoms with Gasteiger partial charge in [-0.25, -0.2) is 14.6 Å². The number of hydrogen-bond donors (Lipinski definition) is 2. The Labute approximate surface area is 105 Å². The molecule has 2 N–H and O–H groups in total. The molecule has 1 aromatic heterocycles. The number of carbonyl (C=O) groups excluding carboxylic acids is 1. The van der Waals surface area contributed by atoms with Crippen LogP contribution in [0, 0.1) is 0 Å². The van der Waals surface area contributed by atoms with Crippen molar-refractivity contribution in [2.24, 2.45) is 0 Å². The SMILES string of the molecule is C=CCN(CC)C(=O)Nc1cccnc1C(=O)O. The molecule has 6 heteroatoms. The monoisotopic (exact) mass is 249 g/mol. The van der Waals surface area contributed by atoms with E-state index in [2.05, 4.69) is 16.9 Å². The molecule has 2 amide bonds. The summed E-state index contributed by atoms with van der Waals surface area (Å²) >= 11 is 0. The minimum atomic E-state index is -1.18. The van der Waals surface area contributed by atoms with Crippen LogP contribution in [-0.4, -0.2) is 40.1 Å². The molecule has 0 bridgehead atoms. The molecule has 0 aliphatic heterocycles. The number of hydrogen-bond acceptors (Lipinski definition) is 3. The van der Waals surface area contributed by atoms with Gasteiger partial charge in [0.1, 0.15) is 0 Å². The van der Waals surface area contributed by atoms with Gasteiger partial charge in [0.25, 0.3) is 0 Å². The number of amides is 2. The van der Waals surface area contributed by atoms with Crippen LogP contribution in [0.3, 0.4) is 0 Å². The largest absolute Gasteiger partial charge is 0.476 e. The zero-order chi connectivity index (χ0) is 13.5. The third kappa shape index (κ3) is 3.31. The van der Waals surface area contributed by atoms with Crippen molar-refractivity contribution >= 4 is 17.7 Å². The topological polar surface area (TPSA) is 82.5 Å². The molecule has 1 rings (SSSR count). The molecule has 0 atom stereocenters. The number of aromatic nitrogens is 1. The Morgan fingerprint density at radius 3 is 2.89 bits per heavy atom. The average molecular weight is 249 g/mol. The van der Waals surface area contributed by atoms with Gasteiger partial charge < -0.3 is 15.3 Å². The molecule has 96 valence electrons. The Balaban J connectivity index is 2.87. The first-order valence-corrected chi connectivity index (χ1v) is 5.45. The van der Waals surface area contributed by atoms with E-state index in [1.165, 1.54) is 17.2 Å². The second-order valence-corrected chi connectivity index (χ2v) is 3.46. The van der Waals surface area contributed by atoms with Gasteiger partial charge in [0.15, 0.2) is 5.69 Å². The molecule has 0 unspecified atom stereocenters. The van der Waals surface area contributed by atoms with Gasteiger partial charge >= 0.3 is 12.0 Å². The van der Waals surface area contributed by atoms with Crippen LogP contribution < -0.4 is 5.32 Å². The summed E-state index contributed by atoms with van der Waals surface area (Å²) in [6.07, 6.45) is 2.96. The van der Waals surface area contributed by atoms with E-state index in [1.807, 2.05) is 6.92 Å². The number of nitrogens with zero attached hydrogens (tertiary/aromatic N) is 2. The number of carboxylic acids is 1. The zero-order valence-electron chi connectivity index (χ0n) is 10.1. The zero-order valence-corrected chi connectivity index (χ0v) is 10.1. The van der Waals surface area contributed by atoms with E-state index in [-0.39, 0.29) is 17.4 Å². The molecule has 0 fully saturated rings. The third-order valence-corrected chi connectivity index (χ3v) is 2.27. The normalized spacial score (nSPS) is 9.61. The standard InChI is InChI=1S/C12H15N3O3/c1-3-8-15(4-2)12(18)14-9-6-5-7-13-10(9)11(16)17/h3,5-7H,1,4,8H2,2H3,(H,14,18)(H,16,17). The molecule has 0 saturated carbocycles. The van der Waals surface area contributed by atoms with Gasteiger partial charge in [-0.3, -0.25) is 0 Å². The summed E-state index contributed by atoms with van der Waals surface area (Å²) in [4.78, 5) is 28.0. The van der Waals surface area contributed by atoms with Gasteiger partial charge in [-0.05, 0) is 19.1 Å². The number of carboxylic acid groups (broad SMARTS) is 1. The van der Waals surface area contributed by atoms with E-state index in [1.54, 1.807) is 12.1 Å². The van der Waals surface area contributed by atoms with Crippen LogP contribution in [-0.2, 0) is 0 Å². The van der Waals surface area contributed by atoms with Gasteiger partial charge in [-0.2, -0.15) is 0 Å². The van der Waals surface area contributed by atoms with Crippen molar-refractivity contribution in [1.82, 2.24) is 9.88 Å². The summed E-state index contributed by atoms with van der Waals surface area (Å²) in [6, 6.07) is 2.68. The van der Waals surface area contributed by atoms with Crippen LogP contribution in [0.4, 0.5) is 10.5 Å². The Morgan fingerprint density at radius 2 is 2.33 bits per heavy atom. The minimum Gasteiger partial charge on any atom is -0.476 e. The van der Waals surface area contributed by atoms with Crippen molar-refractivity contribution in [3.05, 3.63) is 36.7 Å². The quantitative estimate of drug-likeness (QED) is 0.780. The maximum absolute atomic E-state index is 11.9. The fourth-order valence-corrected chi connectivity index (χ4v) is 1.38. The predicted molar refractivity (Wildman–Crippen MR) is 67.7 cm³/mol. The van der Waals surface area contributed by atoms with Crippen LogP contribution in [0.1, 0.15) is 17.4 Å². The molecule has 0 aromatic carbocycles. The van der Waals surface area contributed by atoms with Gasteiger partial charge in [-0.1, -0.05) is 6.08 Å². The van der Waals surface area contributed by atoms with Crippen molar-refractivity contribution in [1.29, 1.82) is 0 Å². The highest BCUT2D eigenvalue weighted by molar-refractivity contribution is 5.98. The highest BCUT2D eigenvalue weighted by Crippen LogP contribution is 2.12. The number of carbonyl (C=O) groups is 2. The number of pyridine rings is 1. The molecule has 6 nitrogen and oxygen atoms in total. The van der Waals surface area contributed by atoms with Gasteiger partial charge in [0, 0.05) is 19.3 Å². The van der Waals surface area contributed by atoms with Crippen molar-refractivity contribution < 1.29 is 14.7 Å². The van der Waals surface area contributed by atoms with E-state index in [9.17, 15) is 9.59 Å². The van der Waals surface area contributed by atoms with Gasteiger partial charge in [0.2, 0.25) is 0 Å². The number of anilines is 1. The Kier molecular flexibility index (Phi) is 4.86. The van der Waals surface area contributed by atoms with E-state index in [0.29, 0.717) is 13.1 Å². The van der Waals surface area contributed by atoms with Gasteiger partial charge in [0.05, 0.1) is 5.69 Å². The predicted octanol–water partition coefficient (Wildman–Crippen LogP) is 1.82. The smallest absolute Gasteiger partial charge is 0.356 e. The van der Waals surface area contributed by atoms with Crippen LogP contribution in [0.2, 0.25) is 0 Å². The molecule has 18 heavy (non-hydrogen) atoms. The summed E-state index contributed by atoms with van der Waals surface area (Å²) < 4.78 is 0. The number of rotatable bonds is 5. The lowest BCUT2D eigenvalue weighted by molar-refractivity contribution is 0.0691. The van der Waals surface area contributed by atoms with E-state index >= 15 is 0 Å². The molecular formula is C12H15N3O3. The van der Waals surface area contributed by atoms with Crippen LogP contribution in [0.25, 0.3) is 0 Å². The molecule has 1 aromatic rings. The van der Waals surface area contributed by atoms with Gasteiger partial charge in [-0.15, -0.1) is 6.58 Å². The fraction of sp³-hybridized carbons (Fsp3) is 0.250. The maximum Gasteiger partial charge on any atom is 0.356 e. The third-order valence-electron chi connectivity index (χ3n) is 2.27. The molecule has 0 spiro atoms. The highest BCUT2D eigenvalue weighted by Gasteiger charge is 2.15. The second kappa shape index (κ2) is 6.39. The van der Waals surface area contributed by atoms with E-state index in [0.717, 1.165) is 0 Å². The Morgan fingerprint density at radius 1 is 1.61 bits per heavy atom. The molecule has 0 aliphatic carbocycles. The lowest BCUT2D eigenvalue weighted by Gasteiger charge is -2.19. The van der Waals surface area contributed by atoms with Crippen molar-refractivity contribution in [3.63, 3.8) is 0 Å². The second-order valence-electron chi connectivity index (χ2n) is 3.46. The maximum atomic E-state index is 11.9. The summed E-state index contributed by atoms with van der Waals surface area (Å²) in [5.41, 5.74) is -0.00183.